The number of nitrogen functional groups attached to an aromatic ring is 1. The van der Waals surface area contributed by atoms with Crippen LogP contribution in [0.15, 0.2) is 17.1 Å². The molecule has 1 saturated heterocycles. The summed E-state index contributed by atoms with van der Waals surface area (Å²) in [6.45, 7) is -1.16. The van der Waals surface area contributed by atoms with Gasteiger partial charge in [0.2, 0.25) is 11.8 Å². The minimum absolute atomic E-state index is 0.179. The third-order valence-corrected chi connectivity index (χ3v) is 2.99. The standard InChI is InChI=1S/C10H10F2N4O4/c11-10(12)6(18)9(3-13,4-17)20-7(10)16-2-1-5(14)15-8(16)19/h1-2,6-7,17-18H,4H2,(H2,14,15,19). The fraction of sp³-hybridized carbons (Fsp3) is 0.500. The molecular weight excluding hydrogens is 278 g/mol. The van der Waals surface area contributed by atoms with Crippen LogP contribution in [0.1, 0.15) is 6.23 Å². The Kier molecular flexibility index (Phi) is 3.21. The van der Waals surface area contributed by atoms with Crippen LogP contribution in [0.2, 0.25) is 0 Å². The largest absolute Gasteiger partial charge is 0.392 e. The second-order valence-corrected chi connectivity index (χ2v) is 4.25. The summed E-state index contributed by atoms with van der Waals surface area (Å²) in [5.74, 6) is -4.15. The van der Waals surface area contributed by atoms with E-state index in [0.717, 1.165) is 12.3 Å². The van der Waals surface area contributed by atoms with Gasteiger partial charge < -0.3 is 20.7 Å². The molecule has 2 heterocycles. The molecule has 1 aliphatic rings. The molecule has 4 N–H and O–H groups in total. The lowest BCUT2D eigenvalue weighted by Gasteiger charge is -2.21. The first-order valence-corrected chi connectivity index (χ1v) is 5.39. The lowest BCUT2D eigenvalue weighted by atomic mass is 9.97. The zero-order valence-electron chi connectivity index (χ0n) is 9.90. The van der Waals surface area contributed by atoms with Gasteiger partial charge in [-0.05, 0) is 6.07 Å². The van der Waals surface area contributed by atoms with Crippen molar-refractivity contribution in [3.05, 3.63) is 22.7 Å². The monoisotopic (exact) mass is 288 g/mol. The zero-order chi connectivity index (χ0) is 15.1. The Morgan fingerprint density at radius 1 is 1.65 bits per heavy atom. The van der Waals surface area contributed by atoms with Gasteiger partial charge in [0.05, 0.1) is 6.61 Å². The molecule has 3 unspecified atom stereocenters. The first-order chi connectivity index (χ1) is 9.28. The molecule has 0 radical (unpaired) electrons. The fourth-order valence-corrected chi connectivity index (χ4v) is 1.88. The van der Waals surface area contributed by atoms with Crippen molar-refractivity contribution in [2.24, 2.45) is 0 Å². The predicted molar refractivity (Wildman–Crippen MR) is 59.4 cm³/mol. The Hall–Kier alpha value is -2.09. The average Bonchev–Trinajstić information content (AvgIpc) is 2.60. The number of hydrogen-bond acceptors (Lipinski definition) is 7. The number of nitriles is 1. The van der Waals surface area contributed by atoms with Gasteiger partial charge in [0.1, 0.15) is 11.9 Å². The van der Waals surface area contributed by atoms with Gasteiger partial charge in [0.25, 0.3) is 0 Å². The maximum atomic E-state index is 14.0. The number of ether oxygens (including phenoxy) is 1. The van der Waals surface area contributed by atoms with E-state index in [-0.39, 0.29) is 5.82 Å². The highest BCUT2D eigenvalue weighted by atomic mass is 19.3. The van der Waals surface area contributed by atoms with Crippen molar-refractivity contribution in [2.45, 2.75) is 23.9 Å². The molecule has 108 valence electrons. The quantitative estimate of drug-likeness (QED) is 0.609. The summed E-state index contributed by atoms with van der Waals surface area (Å²) < 4.78 is 33.1. The fourth-order valence-electron chi connectivity index (χ4n) is 1.88. The molecule has 0 saturated carbocycles. The third kappa shape index (κ3) is 1.83. The average molecular weight is 288 g/mol. The number of alkyl halides is 2. The van der Waals surface area contributed by atoms with Gasteiger partial charge in [0, 0.05) is 6.20 Å². The molecule has 8 nitrogen and oxygen atoms in total. The number of nitrogens with two attached hydrogens (primary N) is 1. The lowest BCUT2D eigenvalue weighted by molar-refractivity contribution is -0.142. The zero-order valence-corrected chi connectivity index (χ0v) is 9.90. The molecule has 1 aromatic heterocycles. The second kappa shape index (κ2) is 4.48. The van der Waals surface area contributed by atoms with Gasteiger partial charge >= 0.3 is 11.6 Å². The van der Waals surface area contributed by atoms with E-state index in [0.29, 0.717) is 4.57 Å². The van der Waals surface area contributed by atoms with Crippen LogP contribution in [0.3, 0.4) is 0 Å². The van der Waals surface area contributed by atoms with E-state index in [9.17, 15) is 18.7 Å². The molecular formula is C10H10F2N4O4. The minimum atomic E-state index is -3.97. The van der Waals surface area contributed by atoms with E-state index in [4.69, 9.17) is 20.8 Å². The number of halogens is 2. The van der Waals surface area contributed by atoms with E-state index in [1.165, 1.54) is 6.07 Å². The molecule has 2 rings (SSSR count). The van der Waals surface area contributed by atoms with E-state index in [1.54, 1.807) is 0 Å². The molecule has 0 bridgehead atoms. The van der Waals surface area contributed by atoms with Gasteiger partial charge in [-0.1, -0.05) is 0 Å². The molecule has 20 heavy (non-hydrogen) atoms. The number of aromatic nitrogens is 2. The lowest BCUT2D eigenvalue weighted by Crippen LogP contribution is -2.48. The van der Waals surface area contributed by atoms with Crippen molar-refractivity contribution in [1.29, 1.82) is 5.26 Å². The first kappa shape index (κ1) is 14.3. The Balaban J connectivity index is 2.53. The van der Waals surface area contributed by atoms with Crippen LogP contribution in [-0.2, 0) is 4.74 Å². The van der Waals surface area contributed by atoms with E-state index in [1.807, 2.05) is 0 Å². The van der Waals surface area contributed by atoms with Crippen molar-refractivity contribution < 1.29 is 23.7 Å². The maximum absolute atomic E-state index is 14.0. The molecule has 1 aromatic rings. The topological polar surface area (TPSA) is 134 Å². The van der Waals surface area contributed by atoms with Crippen LogP contribution < -0.4 is 11.4 Å². The molecule has 1 aliphatic heterocycles. The highest BCUT2D eigenvalue weighted by molar-refractivity contribution is 5.24. The number of anilines is 1. The molecule has 3 atom stereocenters. The molecule has 0 spiro atoms. The van der Waals surface area contributed by atoms with E-state index in [2.05, 4.69) is 4.98 Å². The Morgan fingerprint density at radius 3 is 2.75 bits per heavy atom. The van der Waals surface area contributed by atoms with Crippen molar-refractivity contribution in [3.63, 3.8) is 0 Å². The SMILES string of the molecule is N#CC1(CO)OC(n2ccc(N)nc2=O)C(F)(F)C1O. The van der Waals surface area contributed by atoms with Crippen molar-refractivity contribution in [2.75, 3.05) is 12.3 Å². The highest BCUT2D eigenvalue weighted by Crippen LogP contribution is 2.47. The van der Waals surface area contributed by atoms with Crippen LogP contribution in [0.25, 0.3) is 0 Å². The Labute approximate surface area is 110 Å². The minimum Gasteiger partial charge on any atom is -0.392 e. The van der Waals surface area contributed by atoms with Gasteiger partial charge in [-0.3, -0.25) is 4.57 Å². The summed E-state index contributed by atoms with van der Waals surface area (Å²) in [6.07, 6.45) is -3.97. The van der Waals surface area contributed by atoms with Crippen molar-refractivity contribution in [1.82, 2.24) is 9.55 Å². The van der Waals surface area contributed by atoms with E-state index < -0.39 is 36.2 Å². The summed E-state index contributed by atoms with van der Waals surface area (Å²) in [4.78, 5) is 14.8. The highest BCUT2D eigenvalue weighted by Gasteiger charge is 2.67. The Morgan fingerprint density at radius 2 is 2.30 bits per heavy atom. The Bertz CT molecular complexity index is 628. The summed E-state index contributed by atoms with van der Waals surface area (Å²) in [5, 5.41) is 27.4. The van der Waals surface area contributed by atoms with Crippen LogP contribution in [0, 0.1) is 11.3 Å². The molecule has 0 aliphatic carbocycles. The molecule has 0 amide bonds. The van der Waals surface area contributed by atoms with Gasteiger partial charge in [0.15, 0.2) is 6.10 Å². The number of hydrogen-bond donors (Lipinski definition) is 3. The van der Waals surface area contributed by atoms with Gasteiger partial charge in [-0.25, -0.2) is 4.79 Å². The molecule has 1 fully saturated rings. The molecule has 0 aromatic carbocycles. The van der Waals surface area contributed by atoms with Gasteiger partial charge in [-0.15, -0.1) is 0 Å². The first-order valence-electron chi connectivity index (χ1n) is 5.39. The van der Waals surface area contributed by atoms with Crippen LogP contribution in [-0.4, -0.2) is 44.0 Å². The number of aliphatic hydroxyl groups excluding tert-OH is 2. The summed E-state index contributed by atoms with van der Waals surface area (Å²) in [7, 11) is 0. The maximum Gasteiger partial charge on any atom is 0.351 e. The van der Waals surface area contributed by atoms with Gasteiger partial charge in [-0.2, -0.15) is 19.0 Å². The number of rotatable bonds is 2. The predicted octanol–water partition coefficient (Wildman–Crippen LogP) is -1.39. The van der Waals surface area contributed by atoms with Crippen LogP contribution in [0.4, 0.5) is 14.6 Å². The smallest absolute Gasteiger partial charge is 0.351 e. The summed E-state index contributed by atoms with van der Waals surface area (Å²) in [5.41, 5.74) is 1.58. The van der Waals surface area contributed by atoms with Crippen molar-refractivity contribution >= 4 is 5.82 Å². The van der Waals surface area contributed by atoms with Crippen molar-refractivity contribution in [3.8, 4) is 6.07 Å². The second-order valence-electron chi connectivity index (χ2n) is 4.25. The van der Waals surface area contributed by atoms with E-state index >= 15 is 0 Å². The van der Waals surface area contributed by atoms with Crippen LogP contribution in [0.5, 0.6) is 0 Å². The molecule has 10 heteroatoms. The van der Waals surface area contributed by atoms with Crippen LogP contribution >= 0.6 is 0 Å². The normalized spacial score (nSPS) is 31.9. The summed E-state index contributed by atoms with van der Waals surface area (Å²) in [6, 6.07) is 2.38. The number of aliphatic hydroxyl groups is 2. The number of nitrogens with zero attached hydrogens (tertiary/aromatic N) is 3. The summed E-state index contributed by atoms with van der Waals surface area (Å²) >= 11 is 0. The third-order valence-electron chi connectivity index (χ3n) is 2.99.